The molecule has 12 heavy (non-hydrogen) atoms. The van der Waals surface area contributed by atoms with Gasteiger partial charge in [0.15, 0.2) is 0 Å². The Morgan fingerprint density at radius 1 is 1.58 bits per heavy atom. The van der Waals surface area contributed by atoms with E-state index in [0.29, 0.717) is 0 Å². The maximum Gasteiger partial charge on any atom is 0.311 e. The van der Waals surface area contributed by atoms with Gasteiger partial charge in [-0.25, -0.2) is 4.98 Å². The van der Waals surface area contributed by atoms with E-state index in [9.17, 15) is 4.39 Å². The van der Waals surface area contributed by atoms with Crippen molar-refractivity contribution in [2.45, 2.75) is 20.0 Å². The highest BCUT2D eigenvalue weighted by Gasteiger charge is 2.06. The molecule has 0 aromatic carbocycles. The minimum atomic E-state index is -0.833. The van der Waals surface area contributed by atoms with Crippen LogP contribution in [0.1, 0.15) is 13.8 Å². The van der Waals surface area contributed by atoms with Crippen LogP contribution in [-0.2, 0) is 0 Å². The molecule has 5 heteroatoms. The average molecular weight is 171 g/mol. The van der Waals surface area contributed by atoms with Gasteiger partial charge in [0.05, 0.1) is 12.3 Å². The van der Waals surface area contributed by atoms with Crippen molar-refractivity contribution < 1.29 is 9.13 Å². The summed E-state index contributed by atoms with van der Waals surface area (Å²) < 4.78 is 17.5. The van der Waals surface area contributed by atoms with Crippen molar-refractivity contribution in [2.75, 3.05) is 5.73 Å². The maximum absolute atomic E-state index is 12.4. The lowest BCUT2D eigenvalue weighted by molar-refractivity contribution is 0.230. The minimum absolute atomic E-state index is 0.0819. The highest BCUT2D eigenvalue weighted by atomic mass is 19.1. The van der Waals surface area contributed by atoms with E-state index >= 15 is 0 Å². The predicted octanol–water partition coefficient (Wildman–Crippen LogP) is 0.985. The number of nitrogens with zero attached hydrogens (tertiary/aromatic N) is 2. The van der Waals surface area contributed by atoms with Crippen molar-refractivity contribution in [1.82, 2.24) is 9.97 Å². The fourth-order valence-electron chi connectivity index (χ4n) is 0.673. The van der Waals surface area contributed by atoms with Gasteiger partial charge in [0.2, 0.25) is 5.88 Å². The standard InChI is InChI=1S/C7H10FN3O/c1-4(2)12-6-5(9)3-10-7(8)11-6/h3-4H,9H2,1-2H3. The summed E-state index contributed by atoms with van der Waals surface area (Å²) in [6.07, 6.45) is 0.265. The second-order valence-electron chi connectivity index (χ2n) is 2.57. The third kappa shape index (κ3) is 2.05. The van der Waals surface area contributed by atoms with E-state index in [0.717, 1.165) is 0 Å². The molecule has 0 spiro atoms. The Kier molecular flexibility index (Phi) is 2.42. The summed E-state index contributed by atoms with van der Waals surface area (Å²) in [4.78, 5) is 6.65. The van der Waals surface area contributed by atoms with E-state index in [1.54, 1.807) is 13.8 Å². The minimum Gasteiger partial charge on any atom is -0.473 e. The molecule has 0 unspecified atom stereocenters. The number of halogens is 1. The van der Waals surface area contributed by atoms with Crippen LogP contribution in [-0.4, -0.2) is 16.1 Å². The lowest BCUT2D eigenvalue weighted by Gasteiger charge is -2.09. The molecule has 0 aliphatic heterocycles. The molecule has 66 valence electrons. The van der Waals surface area contributed by atoms with Crippen molar-refractivity contribution >= 4 is 5.69 Å². The number of aromatic nitrogens is 2. The summed E-state index contributed by atoms with van der Waals surface area (Å²) in [6.45, 7) is 3.61. The number of ether oxygens (including phenoxy) is 1. The van der Waals surface area contributed by atoms with Gasteiger partial charge < -0.3 is 10.5 Å². The van der Waals surface area contributed by atoms with Crippen LogP contribution in [0.25, 0.3) is 0 Å². The lowest BCUT2D eigenvalue weighted by atomic mass is 10.4. The first-order chi connectivity index (χ1) is 5.59. The summed E-state index contributed by atoms with van der Waals surface area (Å²) >= 11 is 0. The molecule has 1 heterocycles. The van der Waals surface area contributed by atoms with Crippen LogP contribution in [0.15, 0.2) is 6.20 Å². The Bertz CT molecular complexity index is 277. The highest BCUT2D eigenvalue weighted by molar-refractivity contribution is 5.44. The molecule has 1 aromatic rings. The van der Waals surface area contributed by atoms with Gasteiger partial charge in [0.1, 0.15) is 5.69 Å². The second kappa shape index (κ2) is 3.34. The molecular weight excluding hydrogens is 161 g/mol. The van der Waals surface area contributed by atoms with E-state index in [-0.39, 0.29) is 17.7 Å². The van der Waals surface area contributed by atoms with Crippen LogP contribution >= 0.6 is 0 Å². The largest absolute Gasteiger partial charge is 0.473 e. The molecule has 4 nitrogen and oxygen atoms in total. The maximum atomic E-state index is 12.4. The molecule has 0 aliphatic carbocycles. The molecule has 1 rings (SSSR count). The Labute approximate surface area is 69.6 Å². The van der Waals surface area contributed by atoms with Crippen molar-refractivity contribution in [3.63, 3.8) is 0 Å². The summed E-state index contributed by atoms with van der Waals surface area (Å²) in [6, 6.07) is 0. The van der Waals surface area contributed by atoms with Crippen LogP contribution in [0.2, 0.25) is 0 Å². The zero-order chi connectivity index (χ0) is 9.14. The summed E-state index contributed by atoms with van der Waals surface area (Å²) in [5.41, 5.74) is 5.66. The van der Waals surface area contributed by atoms with Gasteiger partial charge >= 0.3 is 6.08 Å². The van der Waals surface area contributed by atoms with E-state index in [2.05, 4.69) is 9.97 Å². The molecule has 0 bridgehead atoms. The van der Waals surface area contributed by atoms with Crippen molar-refractivity contribution in [1.29, 1.82) is 0 Å². The van der Waals surface area contributed by atoms with Crippen LogP contribution in [0, 0.1) is 6.08 Å². The summed E-state index contributed by atoms with van der Waals surface area (Å²) in [5.74, 6) is 0.0949. The number of nitrogens with two attached hydrogens (primary N) is 1. The molecule has 0 aliphatic rings. The fraction of sp³-hybridized carbons (Fsp3) is 0.429. The third-order valence-electron chi connectivity index (χ3n) is 1.10. The molecule has 0 atom stereocenters. The number of nitrogen functional groups attached to an aromatic ring is 1. The Morgan fingerprint density at radius 2 is 2.25 bits per heavy atom. The summed E-state index contributed by atoms with van der Waals surface area (Å²) in [5, 5.41) is 0. The average Bonchev–Trinajstić information content (AvgIpc) is 1.96. The topological polar surface area (TPSA) is 61.0 Å². The van der Waals surface area contributed by atoms with E-state index in [4.69, 9.17) is 10.5 Å². The lowest BCUT2D eigenvalue weighted by Crippen LogP contribution is -2.10. The van der Waals surface area contributed by atoms with Gasteiger partial charge in [-0.3, -0.25) is 0 Å². The molecule has 1 aromatic heterocycles. The Morgan fingerprint density at radius 3 is 2.83 bits per heavy atom. The quantitative estimate of drug-likeness (QED) is 0.674. The molecule has 2 N–H and O–H groups in total. The number of hydrogen-bond acceptors (Lipinski definition) is 4. The number of anilines is 1. The highest BCUT2D eigenvalue weighted by Crippen LogP contribution is 2.17. The number of rotatable bonds is 2. The molecule has 0 fully saturated rings. The van der Waals surface area contributed by atoms with Gasteiger partial charge in [-0.1, -0.05) is 0 Å². The van der Waals surface area contributed by atoms with Crippen LogP contribution in [0.4, 0.5) is 10.1 Å². The zero-order valence-corrected chi connectivity index (χ0v) is 6.91. The molecule has 0 saturated carbocycles. The van der Waals surface area contributed by atoms with E-state index in [1.807, 2.05) is 0 Å². The molecule has 0 saturated heterocycles. The first-order valence-electron chi connectivity index (χ1n) is 3.54. The SMILES string of the molecule is CC(C)Oc1nc(F)ncc1N. The normalized spacial score (nSPS) is 10.3. The van der Waals surface area contributed by atoms with Crippen molar-refractivity contribution in [2.24, 2.45) is 0 Å². The molecular formula is C7H10FN3O. The predicted molar refractivity (Wildman–Crippen MR) is 42.2 cm³/mol. The second-order valence-corrected chi connectivity index (χ2v) is 2.57. The van der Waals surface area contributed by atoms with Crippen molar-refractivity contribution in [3.05, 3.63) is 12.3 Å². The third-order valence-corrected chi connectivity index (χ3v) is 1.10. The van der Waals surface area contributed by atoms with E-state index < -0.39 is 6.08 Å². The molecule has 0 radical (unpaired) electrons. The summed E-state index contributed by atoms with van der Waals surface area (Å²) in [7, 11) is 0. The fourth-order valence-corrected chi connectivity index (χ4v) is 0.673. The molecule has 0 amide bonds. The van der Waals surface area contributed by atoms with Crippen LogP contribution in [0.5, 0.6) is 5.88 Å². The Hall–Kier alpha value is -1.39. The zero-order valence-electron chi connectivity index (χ0n) is 6.91. The van der Waals surface area contributed by atoms with Gasteiger partial charge in [-0.15, -0.1) is 0 Å². The van der Waals surface area contributed by atoms with Gasteiger partial charge in [0, 0.05) is 0 Å². The van der Waals surface area contributed by atoms with Gasteiger partial charge in [-0.05, 0) is 13.8 Å². The number of hydrogen-bond donors (Lipinski definition) is 1. The van der Waals surface area contributed by atoms with Crippen LogP contribution < -0.4 is 10.5 Å². The smallest absolute Gasteiger partial charge is 0.311 e. The first-order valence-corrected chi connectivity index (χ1v) is 3.54. The van der Waals surface area contributed by atoms with Crippen LogP contribution in [0.3, 0.4) is 0 Å². The first kappa shape index (κ1) is 8.70. The van der Waals surface area contributed by atoms with Gasteiger partial charge in [-0.2, -0.15) is 9.37 Å². The van der Waals surface area contributed by atoms with E-state index in [1.165, 1.54) is 6.20 Å². The monoisotopic (exact) mass is 171 g/mol. The van der Waals surface area contributed by atoms with Crippen molar-refractivity contribution in [3.8, 4) is 5.88 Å². The van der Waals surface area contributed by atoms with Gasteiger partial charge in [0.25, 0.3) is 0 Å². The Balaban J connectivity index is 2.90.